The maximum Gasteiger partial charge on any atom is 0.267 e. The van der Waals surface area contributed by atoms with Crippen molar-refractivity contribution in [2.45, 2.75) is 45.5 Å². The van der Waals surface area contributed by atoms with Crippen LogP contribution in [0.25, 0.3) is 15.9 Å². The van der Waals surface area contributed by atoms with Crippen LogP contribution < -0.4 is 5.56 Å². The summed E-state index contributed by atoms with van der Waals surface area (Å²) in [6.07, 6.45) is 0. The molecule has 0 fully saturated rings. The molecule has 0 aliphatic heterocycles. The minimum atomic E-state index is -0.0161. The molecule has 4 rings (SSSR count). The lowest BCUT2D eigenvalue weighted by molar-refractivity contribution is 0.393. The van der Waals surface area contributed by atoms with E-state index < -0.39 is 0 Å². The van der Waals surface area contributed by atoms with Crippen molar-refractivity contribution in [2.24, 2.45) is 0 Å². The highest BCUT2D eigenvalue weighted by atomic mass is 32.2. The number of rotatable bonds is 4. The highest BCUT2D eigenvalue weighted by molar-refractivity contribution is 7.98. The molecule has 28 heavy (non-hydrogen) atoms. The summed E-state index contributed by atoms with van der Waals surface area (Å²) in [4.78, 5) is 20.3. The average molecular weight is 412 g/mol. The lowest BCUT2D eigenvalue weighted by Crippen LogP contribution is -2.22. The highest BCUT2D eigenvalue weighted by Gasteiger charge is 2.19. The molecule has 0 N–H and O–H groups in total. The molecule has 3 aromatic heterocycles. The van der Waals surface area contributed by atoms with Crippen LogP contribution in [0.4, 0.5) is 0 Å². The summed E-state index contributed by atoms with van der Waals surface area (Å²) in [5.41, 5.74) is 4.91. The number of hydrogen-bond donors (Lipinski definition) is 0. The van der Waals surface area contributed by atoms with E-state index in [1.165, 1.54) is 11.8 Å². The monoisotopic (exact) mass is 411 g/mol. The van der Waals surface area contributed by atoms with Gasteiger partial charge in [0.15, 0.2) is 5.16 Å². The van der Waals surface area contributed by atoms with E-state index in [4.69, 9.17) is 9.51 Å². The van der Waals surface area contributed by atoms with E-state index in [1.54, 1.807) is 15.9 Å². The van der Waals surface area contributed by atoms with Crippen LogP contribution in [0.1, 0.15) is 33.0 Å². The van der Waals surface area contributed by atoms with Gasteiger partial charge in [0.2, 0.25) is 0 Å². The molecule has 0 aliphatic rings. The number of aryl methyl sites for hydroxylation is 5. The van der Waals surface area contributed by atoms with Gasteiger partial charge < -0.3 is 4.52 Å². The van der Waals surface area contributed by atoms with Crippen molar-refractivity contribution >= 4 is 33.3 Å². The van der Waals surface area contributed by atoms with E-state index in [2.05, 4.69) is 18.1 Å². The predicted octanol–water partition coefficient (Wildman–Crippen LogP) is 5.27. The standard InChI is InChI=1S/C21H21N3O2S2/c1-11-6-7-17(12(2)8-11)24-20(25)18-14(4)15(5)28-19(18)22-21(24)27-10-16-9-13(3)26-23-16/h6-9H,10H2,1-5H3. The molecule has 0 unspecified atom stereocenters. The molecule has 0 aliphatic carbocycles. The molecule has 0 saturated heterocycles. The highest BCUT2D eigenvalue weighted by Crippen LogP contribution is 2.31. The van der Waals surface area contributed by atoms with Crippen molar-refractivity contribution < 1.29 is 4.52 Å². The maximum atomic E-state index is 13.5. The van der Waals surface area contributed by atoms with E-state index in [0.717, 1.165) is 43.5 Å². The number of aromatic nitrogens is 3. The molecule has 5 nitrogen and oxygen atoms in total. The van der Waals surface area contributed by atoms with Gasteiger partial charge in [-0.1, -0.05) is 34.6 Å². The zero-order valence-electron chi connectivity index (χ0n) is 16.5. The van der Waals surface area contributed by atoms with Crippen molar-refractivity contribution in [2.75, 3.05) is 0 Å². The van der Waals surface area contributed by atoms with E-state index in [0.29, 0.717) is 16.3 Å². The van der Waals surface area contributed by atoms with Gasteiger partial charge in [0.25, 0.3) is 5.56 Å². The van der Waals surface area contributed by atoms with Gasteiger partial charge in [-0.3, -0.25) is 9.36 Å². The fraction of sp³-hybridized carbons (Fsp3) is 0.286. The Hall–Kier alpha value is -2.38. The Kier molecular flexibility index (Phi) is 4.89. The summed E-state index contributed by atoms with van der Waals surface area (Å²) < 4.78 is 6.91. The molecular weight excluding hydrogens is 390 g/mol. The Labute approximate surface area is 171 Å². The van der Waals surface area contributed by atoms with Crippen LogP contribution in [0, 0.1) is 34.6 Å². The normalized spacial score (nSPS) is 11.5. The molecular formula is C21H21N3O2S2. The van der Waals surface area contributed by atoms with Gasteiger partial charge >= 0.3 is 0 Å². The minimum Gasteiger partial charge on any atom is -0.361 e. The Bertz CT molecular complexity index is 1250. The van der Waals surface area contributed by atoms with Gasteiger partial charge in [0.05, 0.1) is 16.8 Å². The summed E-state index contributed by atoms with van der Waals surface area (Å²) in [6, 6.07) is 8.02. The third-order valence-electron chi connectivity index (χ3n) is 4.79. The Morgan fingerprint density at radius 3 is 2.61 bits per heavy atom. The summed E-state index contributed by atoms with van der Waals surface area (Å²) in [5.74, 6) is 1.36. The van der Waals surface area contributed by atoms with Crippen LogP contribution in [0.3, 0.4) is 0 Å². The second kappa shape index (κ2) is 7.22. The van der Waals surface area contributed by atoms with Crippen LogP contribution in [0.2, 0.25) is 0 Å². The quantitative estimate of drug-likeness (QED) is 0.338. The first-order valence-electron chi connectivity index (χ1n) is 9.00. The lowest BCUT2D eigenvalue weighted by Gasteiger charge is -2.14. The SMILES string of the molecule is Cc1ccc(-n2c(SCc3cc(C)on3)nc3sc(C)c(C)c3c2=O)c(C)c1. The number of hydrogen-bond acceptors (Lipinski definition) is 6. The first-order valence-corrected chi connectivity index (χ1v) is 10.8. The van der Waals surface area contributed by atoms with Gasteiger partial charge in [0, 0.05) is 16.7 Å². The van der Waals surface area contributed by atoms with E-state index in [-0.39, 0.29) is 5.56 Å². The summed E-state index contributed by atoms with van der Waals surface area (Å²) in [5, 5.41) is 5.44. The van der Waals surface area contributed by atoms with Gasteiger partial charge in [-0.05, 0) is 51.8 Å². The van der Waals surface area contributed by atoms with Gasteiger partial charge in [0.1, 0.15) is 10.6 Å². The van der Waals surface area contributed by atoms with Crippen LogP contribution in [0.5, 0.6) is 0 Å². The zero-order chi connectivity index (χ0) is 20.0. The van der Waals surface area contributed by atoms with E-state index >= 15 is 0 Å². The molecule has 0 saturated carbocycles. The van der Waals surface area contributed by atoms with Gasteiger partial charge in [-0.25, -0.2) is 4.98 Å². The first kappa shape index (κ1) is 19.0. The molecule has 0 spiro atoms. The number of fused-ring (bicyclic) bond motifs is 1. The maximum absolute atomic E-state index is 13.5. The van der Waals surface area contributed by atoms with Crippen LogP contribution in [-0.2, 0) is 5.75 Å². The Morgan fingerprint density at radius 2 is 1.93 bits per heavy atom. The Morgan fingerprint density at radius 1 is 1.14 bits per heavy atom. The van der Waals surface area contributed by atoms with Gasteiger partial charge in [-0.15, -0.1) is 11.3 Å². The van der Waals surface area contributed by atoms with E-state index in [1.807, 2.05) is 45.9 Å². The second-order valence-electron chi connectivity index (χ2n) is 7.01. The lowest BCUT2D eigenvalue weighted by atomic mass is 10.1. The largest absolute Gasteiger partial charge is 0.361 e. The van der Waals surface area contributed by atoms with Crippen molar-refractivity contribution in [3.63, 3.8) is 0 Å². The van der Waals surface area contributed by atoms with Gasteiger partial charge in [-0.2, -0.15) is 0 Å². The number of thiophene rings is 1. The summed E-state index contributed by atoms with van der Waals surface area (Å²) in [7, 11) is 0. The van der Waals surface area contributed by atoms with E-state index in [9.17, 15) is 4.79 Å². The second-order valence-corrected chi connectivity index (χ2v) is 9.15. The fourth-order valence-corrected chi connectivity index (χ4v) is 5.22. The van der Waals surface area contributed by atoms with Crippen LogP contribution in [-0.4, -0.2) is 14.7 Å². The first-order chi connectivity index (χ1) is 13.3. The number of nitrogens with zero attached hydrogens (tertiary/aromatic N) is 3. The molecule has 0 radical (unpaired) electrons. The molecule has 1 aromatic carbocycles. The van der Waals surface area contributed by atoms with Crippen LogP contribution >= 0.6 is 23.1 Å². The van der Waals surface area contributed by atoms with Crippen molar-refractivity contribution in [3.05, 3.63) is 67.6 Å². The van der Waals surface area contributed by atoms with Crippen molar-refractivity contribution in [1.82, 2.24) is 14.7 Å². The molecule has 4 aromatic rings. The summed E-state index contributed by atoms with van der Waals surface area (Å²) >= 11 is 3.07. The molecule has 144 valence electrons. The molecule has 0 atom stereocenters. The minimum absolute atomic E-state index is 0.0161. The summed E-state index contributed by atoms with van der Waals surface area (Å²) in [6.45, 7) is 9.98. The third-order valence-corrected chi connectivity index (χ3v) is 6.86. The average Bonchev–Trinajstić information content (AvgIpc) is 3.17. The topological polar surface area (TPSA) is 60.9 Å². The molecule has 0 bridgehead atoms. The van der Waals surface area contributed by atoms with Crippen molar-refractivity contribution in [1.29, 1.82) is 0 Å². The Balaban J connectivity index is 1.92. The number of thioether (sulfide) groups is 1. The molecule has 7 heteroatoms. The zero-order valence-corrected chi connectivity index (χ0v) is 18.1. The molecule has 0 amide bonds. The van der Waals surface area contributed by atoms with Crippen LogP contribution in [0.15, 0.2) is 38.7 Å². The smallest absolute Gasteiger partial charge is 0.267 e. The third kappa shape index (κ3) is 3.29. The van der Waals surface area contributed by atoms with Crippen molar-refractivity contribution in [3.8, 4) is 5.69 Å². The fourth-order valence-electron chi connectivity index (χ4n) is 3.27. The predicted molar refractivity (Wildman–Crippen MR) is 115 cm³/mol. The molecule has 3 heterocycles. The number of benzene rings is 1.